The smallest absolute Gasteiger partial charge is 0.338 e. The van der Waals surface area contributed by atoms with Gasteiger partial charge in [0.25, 0.3) is 0 Å². The largest absolute Gasteiger partial charge is 0.463 e. The summed E-state index contributed by atoms with van der Waals surface area (Å²) < 4.78 is 31.5. The Labute approximate surface area is 192 Å². The Bertz CT molecular complexity index is 1170. The molecule has 0 aliphatic carbocycles. The van der Waals surface area contributed by atoms with Gasteiger partial charge < -0.3 is 15.4 Å². The zero-order chi connectivity index (χ0) is 23.5. The lowest BCUT2D eigenvalue weighted by Gasteiger charge is -2.29. The number of amides is 2. The Kier molecular flexibility index (Phi) is 7.30. The van der Waals surface area contributed by atoms with Gasteiger partial charge in [0.2, 0.25) is 0 Å². The van der Waals surface area contributed by atoms with Crippen LogP contribution in [0, 0.1) is 13.8 Å². The Morgan fingerprint density at radius 3 is 2.38 bits per heavy atom. The number of rotatable bonds is 7. The molecule has 1 heterocycles. The first kappa shape index (κ1) is 23.9. The first-order valence-electron chi connectivity index (χ1n) is 10.1. The van der Waals surface area contributed by atoms with Gasteiger partial charge in [-0.15, -0.1) is 11.8 Å². The average molecular weight is 475 g/mol. The number of carbonyl (C=O) groups excluding carboxylic acids is 2. The molecule has 0 saturated heterocycles. The van der Waals surface area contributed by atoms with Crippen molar-refractivity contribution in [2.75, 3.05) is 18.6 Å². The molecule has 2 amide bonds. The maximum Gasteiger partial charge on any atom is 0.338 e. The summed E-state index contributed by atoms with van der Waals surface area (Å²) in [7, 11) is -3.83. The monoisotopic (exact) mass is 474 g/mol. The number of aryl methyl sites for hydroxylation is 2. The van der Waals surface area contributed by atoms with Crippen LogP contribution < -0.4 is 10.6 Å². The molecule has 0 saturated carbocycles. The van der Waals surface area contributed by atoms with E-state index >= 15 is 0 Å². The Balaban J connectivity index is 2.09. The van der Waals surface area contributed by atoms with Crippen LogP contribution >= 0.6 is 11.8 Å². The van der Waals surface area contributed by atoms with Crippen molar-refractivity contribution in [3.63, 3.8) is 0 Å². The predicted octanol–water partition coefficient (Wildman–Crippen LogP) is 3.67. The molecular formula is C23H26N2O5S2. The lowest BCUT2D eigenvalue weighted by atomic mass is 9.95. The van der Waals surface area contributed by atoms with Crippen molar-refractivity contribution in [2.24, 2.45) is 0 Å². The van der Waals surface area contributed by atoms with Gasteiger partial charge >= 0.3 is 12.0 Å². The van der Waals surface area contributed by atoms with Gasteiger partial charge in [-0.3, -0.25) is 0 Å². The number of benzene rings is 2. The van der Waals surface area contributed by atoms with Crippen molar-refractivity contribution >= 4 is 33.6 Å². The first-order valence-corrected chi connectivity index (χ1v) is 13.0. The van der Waals surface area contributed by atoms with Gasteiger partial charge in [-0.2, -0.15) is 0 Å². The van der Waals surface area contributed by atoms with E-state index in [0.717, 1.165) is 16.0 Å². The van der Waals surface area contributed by atoms with Gasteiger partial charge in [0, 0.05) is 10.6 Å². The summed E-state index contributed by atoms with van der Waals surface area (Å²) in [4.78, 5) is 26.4. The van der Waals surface area contributed by atoms with Gasteiger partial charge in [-0.1, -0.05) is 18.2 Å². The third-order valence-corrected chi connectivity index (χ3v) is 7.65. The minimum atomic E-state index is -3.83. The minimum Gasteiger partial charge on any atom is -0.463 e. The van der Waals surface area contributed by atoms with Gasteiger partial charge in [-0.25, -0.2) is 18.0 Å². The topological polar surface area (TPSA) is 102 Å². The summed E-state index contributed by atoms with van der Waals surface area (Å²) in [6.45, 7) is 5.51. The maximum absolute atomic E-state index is 13.2. The summed E-state index contributed by atoms with van der Waals surface area (Å²) in [5.41, 5.74) is 2.56. The molecule has 0 aromatic heterocycles. The molecule has 0 spiro atoms. The van der Waals surface area contributed by atoms with E-state index in [9.17, 15) is 18.0 Å². The molecule has 0 bridgehead atoms. The molecule has 3 rings (SSSR count). The molecule has 7 nitrogen and oxygen atoms in total. The van der Waals surface area contributed by atoms with E-state index in [0.29, 0.717) is 5.56 Å². The van der Waals surface area contributed by atoms with Gasteiger partial charge in [0.15, 0.2) is 9.84 Å². The highest BCUT2D eigenvalue weighted by molar-refractivity contribution is 7.98. The van der Waals surface area contributed by atoms with E-state index in [1.54, 1.807) is 43.0 Å². The maximum atomic E-state index is 13.2. The number of sulfone groups is 1. The van der Waals surface area contributed by atoms with Crippen molar-refractivity contribution in [1.29, 1.82) is 0 Å². The molecule has 1 aliphatic rings. The molecule has 0 fully saturated rings. The lowest BCUT2D eigenvalue weighted by Crippen LogP contribution is -2.47. The van der Waals surface area contributed by atoms with Crippen LogP contribution in [0.1, 0.15) is 29.7 Å². The number of ether oxygens (including phenoxy) is 1. The molecule has 9 heteroatoms. The molecule has 2 aromatic rings. The SMILES string of the molecule is CCOC(=O)C1=C(CS(=O)(=O)c2ccc(C)c(C)c2)NC(=O)N[C@@H]1c1ccc(SC)cc1. The van der Waals surface area contributed by atoms with Gasteiger partial charge in [0.05, 0.1) is 28.9 Å². The zero-order valence-electron chi connectivity index (χ0n) is 18.4. The number of carbonyl (C=O) groups is 2. The van der Waals surface area contributed by atoms with E-state index < -0.39 is 33.6 Å². The van der Waals surface area contributed by atoms with Crippen LogP contribution in [-0.2, 0) is 19.4 Å². The highest BCUT2D eigenvalue weighted by Gasteiger charge is 2.35. The van der Waals surface area contributed by atoms with E-state index in [4.69, 9.17) is 4.74 Å². The predicted molar refractivity (Wildman–Crippen MR) is 124 cm³/mol. The molecule has 2 aromatic carbocycles. The van der Waals surface area contributed by atoms with Crippen molar-refractivity contribution in [1.82, 2.24) is 10.6 Å². The molecule has 32 heavy (non-hydrogen) atoms. The minimum absolute atomic E-state index is 0.0179. The molecule has 2 N–H and O–H groups in total. The van der Waals surface area contributed by atoms with Crippen LogP contribution in [0.2, 0.25) is 0 Å². The van der Waals surface area contributed by atoms with Crippen LogP contribution in [0.4, 0.5) is 4.79 Å². The average Bonchev–Trinajstić information content (AvgIpc) is 2.75. The second kappa shape index (κ2) is 9.79. The molecule has 0 unspecified atom stereocenters. The van der Waals surface area contributed by atoms with E-state index in [-0.39, 0.29) is 22.8 Å². The third kappa shape index (κ3) is 5.16. The van der Waals surface area contributed by atoms with Crippen molar-refractivity contribution in [3.8, 4) is 0 Å². The standard InChI is InChI=1S/C23H26N2O5S2/c1-5-30-22(26)20-19(13-32(28,29)18-11-6-14(2)15(3)12-18)24-23(27)25-21(20)16-7-9-17(31-4)10-8-16/h6-12,21H,5,13H2,1-4H3,(H2,24,25,27)/t21-/m1/s1. The van der Waals surface area contributed by atoms with E-state index in [1.807, 2.05) is 32.2 Å². The molecule has 0 radical (unpaired) electrons. The number of thioether (sulfide) groups is 1. The van der Waals surface area contributed by atoms with Crippen LogP contribution in [0.15, 0.2) is 63.5 Å². The van der Waals surface area contributed by atoms with Crippen LogP contribution in [-0.4, -0.2) is 39.0 Å². The molecule has 170 valence electrons. The Hall–Kier alpha value is -2.78. The van der Waals surface area contributed by atoms with Gasteiger partial charge in [-0.05, 0) is 68.0 Å². The highest BCUT2D eigenvalue weighted by Crippen LogP contribution is 2.30. The lowest BCUT2D eigenvalue weighted by molar-refractivity contribution is -0.139. The fourth-order valence-corrected chi connectivity index (χ4v) is 5.22. The fraction of sp³-hybridized carbons (Fsp3) is 0.304. The summed E-state index contributed by atoms with van der Waals surface area (Å²) in [6, 6.07) is 10.8. The zero-order valence-corrected chi connectivity index (χ0v) is 20.0. The van der Waals surface area contributed by atoms with Crippen molar-refractivity contribution in [2.45, 2.75) is 36.6 Å². The third-order valence-electron chi connectivity index (χ3n) is 5.27. The van der Waals surface area contributed by atoms with Crippen LogP contribution in [0.25, 0.3) is 0 Å². The number of nitrogens with one attached hydrogen (secondary N) is 2. The summed E-state index contributed by atoms with van der Waals surface area (Å²) in [5, 5.41) is 5.25. The Morgan fingerprint density at radius 2 is 1.78 bits per heavy atom. The fourth-order valence-electron chi connectivity index (χ4n) is 3.41. The first-order chi connectivity index (χ1) is 15.2. The summed E-state index contributed by atoms with van der Waals surface area (Å²) in [5.74, 6) is -1.21. The second-order valence-electron chi connectivity index (χ2n) is 7.42. The molecule has 1 atom stereocenters. The van der Waals surface area contributed by atoms with E-state index in [1.165, 1.54) is 6.07 Å². The van der Waals surface area contributed by atoms with Gasteiger partial charge in [0.1, 0.15) is 0 Å². The second-order valence-corrected chi connectivity index (χ2v) is 10.3. The number of hydrogen-bond acceptors (Lipinski definition) is 6. The molecular weight excluding hydrogens is 448 g/mol. The summed E-state index contributed by atoms with van der Waals surface area (Å²) in [6.07, 6.45) is 1.95. The highest BCUT2D eigenvalue weighted by atomic mass is 32.2. The van der Waals surface area contributed by atoms with Crippen molar-refractivity contribution in [3.05, 3.63) is 70.4 Å². The molecule has 1 aliphatic heterocycles. The van der Waals surface area contributed by atoms with Crippen molar-refractivity contribution < 1.29 is 22.7 Å². The normalized spacial score (nSPS) is 16.4. The van der Waals surface area contributed by atoms with E-state index in [2.05, 4.69) is 10.6 Å². The number of urea groups is 1. The quantitative estimate of drug-likeness (QED) is 0.469. The van der Waals surface area contributed by atoms with Crippen LogP contribution in [0.5, 0.6) is 0 Å². The number of hydrogen-bond donors (Lipinski definition) is 2. The van der Waals surface area contributed by atoms with Crippen LogP contribution in [0.3, 0.4) is 0 Å². The Morgan fingerprint density at radius 1 is 1.09 bits per heavy atom. The number of esters is 1. The summed E-state index contributed by atoms with van der Waals surface area (Å²) >= 11 is 1.57.